The molecule has 0 spiro atoms. The van der Waals surface area contributed by atoms with Crippen LogP contribution in [0.15, 0.2) is 12.1 Å². The van der Waals surface area contributed by atoms with Gasteiger partial charge in [0.1, 0.15) is 0 Å². The van der Waals surface area contributed by atoms with Crippen molar-refractivity contribution in [2.24, 2.45) is 11.7 Å². The van der Waals surface area contributed by atoms with Crippen LogP contribution < -0.4 is 10.5 Å². The van der Waals surface area contributed by atoms with Crippen molar-refractivity contribution in [1.29, 1.82) is 0 Å². The molecule has 0 radical (unpaired) electrons. The van der Waals surface area contributed by atoms with Gasteiger partial charge in [-0.25, -0.2) is 0 Å². The lowest BCUT2D eigenvalue weighted by Crippen LogP contribution is -2.18. The zero-order valence-corrected chi connectivity index (χ0v) is 10.6. The van der Waals surface area contributed by atoms with Crippen molar-refractivity contribution >= 4 is 11.6 Å². The van der Waals surface area contributed by atoms with Gasteiger partial charge >= 0.3 is 0 Å². The van der Waals surface area contributed by atoms with Crippen LogP contribution in [-0.2, 0) is 0 Å². The number of rotatable bonds is 4. The van der Waals surface area contributed by atoms with Gasteiger partial charge in [0.2, 0.25) is 0 Å². The molecule has 1 aromatic carbocycles. The highest BCUT2D eigenvalue weighted by Gasteiger charge is 2.17. The Morgan fingerprint density at radius 1 is 1.50 bits per heavy atom. The van der Waals surface area contributed by atoms with Crippen molar-refractivity contribution in [2.75, 3.05) is 7.11 Å². The molecule has 0 aliphatic carbocycles. The minimum atomic E-state index is -0.100. The van der Waals surface area contributed by atoms with E-state index < -0.39 is 0 Å². The lowest BCUT2D eigenvalue weighted by molar-refractivity contribution is 0.371. The average molecular weight is 244 g/mol. The van der Waals surface area contributed by atoms with Gasteiger partial charge in [-0.1, -0.05) is 31.9 Å². The molecule has 0 saturated carbocycles. The Labute approximate surface area is 101 Å². The summed E-state index contributed by atoms with van der Waals surface area (Å²) in [7, 11) is 1.49. The number of ether oxygens (including phenoxy) is 1. The van der Waals surface area contributed by atoms with Gasteiger partial charge in [0.05, 0.1) is 12.1 Å². The van der Waals surface area contributed by atoms with E-state index in [2.05, 4.69) is 13.8 Å². The van der Waals surface area contributed by atoms with Gasteiger partial charge < -0.3 is 15.6 Å². The predicted molar refractivity (Wildman–Crippen MR) is 66.1 cm³/mol. The van der Waals surface area contributed by atoms with E-state index in [0.717, 1.165) is 12.0 Å². The number of benzene rings is 1. The van der Waals surface area contributed by atoms with Crippen molar-refractivity contribution in [2.45, 2.75) is 26.3 Å². The molecule has 1 unspecified atom stereocenters. The number of nitrogens with two attached hydrogens (primary N) is 1. The SMILES string of the molecule is CCC(C)[C@H](N)c1cc(Cl)c(O)c(OC)c1. The average Bonchev–Trinajstić information content (AvgIpc) is 2.30. The molecule has 0 saturated heterocycles. The fraction of sp³-hybridized carbons (Fsp3) is 0.500. The summed E-state index contributed by atoms with van der Waals surface area (Å²) in [6, 6.07) is 3.32. The van der Waals surface area contributed by atoms with E-state index in [0.29, 0.717) is 11.7 Å². The third-order valence-electron chi connectivity index (χ3n) is 2.91. The van der Waals surface area contributed by atoms with Crippen LogP contribution in [0, 0.1) is 5.92 Å². The van der Waals surface area contributed by atoms with E-state index in [1.807, 2.05) is 0 Å². The Kier molecular flexibility index (Phi) is 4.44. The zero-order chi connectivity index (χ0) is 12.3. The Hall–Kier alpha value is -0.930. The molecule has 2 atom stereocenters. The predicted octanol–water partition coefficient (Wildman–Crippen LogP) is 3.10. The quantitative estimate of drug-likeness (QED) is 0.855. The van der Waals surface area contributed by atoms with Gasteiger partial charge in [-0.05, 0) is 23.6 Å². The molecule has 3 N–H and O–H groups in total. The number of phenols is 1. The fourth-order valence-corrected chi connectivity index (χ4v) is 1.74. The maximum Gasteiger partial charge on any atom is 0.176 e. The normalized spacial score (nSPS) is 14.6. The molecular formula is C12H18ClNO2. The van der Waals surface area contributed by atoms with Crippen molar-refractivity contribution in [3.05, 3.63) is 22.7 Å². The number of aromatic hydroxyl groups is 1. The summed E-state index contributed by atoms with van der Waals surface area (Å²) in [6.07, 6.45) is 0.988. The first kappa shape index (κ1) is 13.1. The molecule has 0 fully saturated rings. The van der Waals surface area contributed by atoms with Crippen LogP contribution in [0.4, 0.5) is 0 Å². The highest BCUT2D eigenvalue weighted by atomic mass is 35.5. The molecule has 16 heavy (non-hydrogen) atoms. The first-order valence-corrected chi connectivity index (χ1v) is 5.71. The molecule has 0 bridgehead atoms. The van der Waals surface area contributed by atoms with Gasteiger partial charge in [0.25, 0.3) is 0 Å². The number of halogens is 1. The third-order valence-corrected chi connectivity index (χ3v) is 3.20. The number of methoxy groups -OCH3 is 1. The Balaban J connectivity index is 3.10. The standard InChI is InChI=1S/C12H18ClNO2/c1-4-7(2)11(14)8-5-9(13)12(15)10(6-8)16-3/h5-7,11,15H,4,14H2,1-3H3/t7?,11-/m0/s1. The molecule has 0 aliphatic heterocycles. The summed E-state index contributed by atoms with van der Waals surface area (Å²) < 4.78 is 5.04. The van der Waals surface area contributed by atoms with Crippen molar-refractivity contribution < 1.29 is 9.84 Å². The largest absolute Gasteiger partial charge is 0.503 e. The molecule has 0 heterocycles. The summed E-state index contributed by atoms with van der Waals surface area (Å²) in [5, 5.41) is 9.87. The molecule has 0 aliphatic rings. The monoisotopic (exact) mass is 243 g/mol. The van der Waals surface area contributed by atoms with Gasteiger partial charge in [-0.3, -0.25) is 0 Å². The van der Waals surface area contributed by atoms with Crippen LogP contribution in [0.25, 0.3) is 0 Å². The Morgan fingerprint density at radius 3 is 2.62 bits per heavy atom. The summed E-state index contributed by atoms with van der Waals surface area (Å²) in [5.74, 6) is 0.677. The molecule has 4 heteroatoms. The van der Waals surface area contributed by atoms with Crippen LogP contribution in [0.2, 0.25) is 5.02 Å². The minimum absolute atomic E-state index is 0.0377. The lowest BCUT2D eigenvalue weighted by atomic mass is 9.93. The summed E-state index contributed by atoms with van der Waals surface area (Å²) >= 11 is 5.90. The Morgan fingerprint density at radius 2 is 2.12 bits per heavy atom. The van der Waals surface area contributed by atoms with Crippen LogP contribution >= 0.6 is 11.6 Å². The van der Waals surface area contributed by atoms with E-state index >= 15 is 0 Å². The van der Waals surface area contributed by atoms with E-state index in [4.69, 9.17) is 22.1 Å². The van der Waals surface area contributed by atoms with E-state index in [-0.39, 0.29) is 16.8 Å². The number of hydrogen-bond acceptors (Lipinski definition) is 3. The summed E-state index contributed by atoms with van der Waals surface area (Å²) in [6.45, 7) is 4.17. The van der Waals surface area contributed by atoms with Crippen molar-refractivity contribution in [3.8, 4) is 11.5 Å². The highest BCUT2D eigenvalue weighted by molar-refractivity contribution is 6.32. The van der Waals surface area contributed by atoms with Gasteiger partial charge in [0.15, 0.2) is 11.5 Å². The number of phenolic OH excluding ortho intramolecular Hbond substituents is 1. The molecule has 1 rings (SSSR count). The van der Waals surface area contributed by atoms with E-state index in [1.165, 1.54) is 7.11 Å². The third kappa shape index (κ3) is 2.60. The fourth-order valence-electron chi connectivity index (χ4n) is 1.52. The second-order valence-corrected chi connectivity index (χ2v) is 4.37. The number of hydrogen-bond donors (Lipinski definition) is 2. The van der Waals surface area contributed by atoms with Crippen LogP contribution in [0.1, 0.15) is 31.9 Å². The topological polar surface area (TPSA) is 55.5 Å². The van der Waals surface area contributed by atoms with Gasteiger partial charge in [-0.2, -0.15) is 0 Å². The highest BCUT2D eigenvalue weighted by Crippen LogP contribution is 2.37. The van der Waals surface area contributed by atoms with Gasteiger partial charge in [-0.15, -0.1) is 0 Å². The summed E-state index contributed by atoms with van der Waals surface area (Å²) in [5.41, 5.74) is 6.98. The van der Waals surface area contributed by atoms with Crippen LogP contribution in [-0.4, -0.2) is 12.2 Å². The van der Waals surface area contributed by atoms with Crippen molar-refractivity contribution in [3.63, 3.8) is 0 Å². The maximum atomic E-state index is 9.60. The van der Waals surface area contributed by atoms with Crippen LogP contribution in [0.5, 0.6) is 11.5 Å². The molecule has 1 aromatic rings. The molecule has 3 nitrogen and oxygen atoms in total. The summed E-state index contributed by atoms with van der Waals surface area (Å²) in [4.78, 5) is 0. The smallest absolute Gasteiger partial charge is 0.176 e. The Bertz CT molecular complexity index is 368. The molecular weight excluding hydrogens is 226 g/mol. The van der Waals surface area contributed by atoms with Crippen molar-refractivity contribution in [1.82, 2.24) is 0 Å². The zero-order valence-electron chi connectivity index (χ0n) is 9.83. The second-order valence-electron chi connectivity index (χ2n) is 3.96. The first-order valence-electron chi connectivity index (χ1n) is 5.33. The first-order chi connectivity index (χ1) is 7.51. The molecule has 0 aromatic heterocycles. The molecule has 0 amide bonds. The van der Waals surface area contributed by atoms with E-state index in [9.17, 15) is 5.11 Å². The van der Waals surface area contributed by atoms with E-state index in [1.54, 1.807) is 12.1 Å². The second kappa shape index (κ2) is 5.41. The maximum absolute atomic E-state index is 9.60. The molecule has 90 valence electrons. The lowest BCUT2D eigenvalue weighted by Gasteiger charge is -2.20. The van der Waals surface area contributed by atoms with Gasteiger partial charge in [0, 0.05) is 6.04 Å². The van der Waals surface area contributed by atoms with Crippen LogP contribution in [0.3, 0.4) is 0 Å². The minimum Gasteiger partial charge on any atom is -0.503 e.